The van der Waals surface area contributed by atoms with Crippen LogP contribution in [0.1, 0.15) is 0 Å². The molecule has 0 saturated heterocycles. The van der Waals surface area contributed by atoms with Crippen molar-refractivity contribution in [2.45, 2.75) is 0 Å². The molecule has 9 N–H and O–H groups in total. The van der Waals surface area contributed by atoms with Crippen molar-refractivity contribution in [3.63, 3.8) is 0 Å². The monoisotopic (exact) mass is 1020 g/mol. The number of rotatable bonds is 6. The van der Waals surface area contributed by atoms with Gasteiger partial charge in [0.1, 0.15) is 0 Å². The molecule has 6 nitrogen and oxygen atoms in total. The molecule has 0 spiro atoms. The molecule has 8 heteroatoms. The van der Waals surface area contributed by atoms with E-state index >= 15 is 0 Å². The zero-order valence-corrected chi connectivity index (χ0v) is 32.3. The fraction of sp³-hybridized carbons (Fsp3) is 0. The predicted octanol–water partition coefficient (Wildman–Crippen LogP) is 8.24. The Labute approximate surface area is 307 Å². The Morgan fingerprint density at radius 1 is 0.364 bits per heavy atom. The summed E-state index contributed by atoms with van der Waals surface area (Å²) in [5.41, 5.74) is 25.1. The van der Waals surface area contributed by atoms with E-state index in [4.69, 9.17) is 17.2 Å². The molecular weight excluding hydrogens is 992 g/mol. The van der Waals surface area contributed by atoms with Crippen LogP contribution in [-0.2, 0) is 0 Å². The van der Waals surface area contributed by atoms with Crippen LogP contribution >= 0.6 is 0 Å². The van der Waals surface area contributed by atoms with Gasteiger partial charge >= 0.3 is 62.2 Å². The van der Waals surface area contributed by atoms with Crippen molar-refractivity contribution in [3.05, 3.63) is 164 Å². The van der Waals surface area contributed by atoms with E-state index in [1.165, 1.54) is 0 Å². The van der Waals surface area contributed by atoms with E-state index in [0.29, 0.717) is 5.69 Å². The first-order valence-corrected chi connectivity index (χ1v) is 13.2. The second-order valence-electron chi connectivity index (χ2n) is 9.02. The number of nitrogens with two attached hydrogens (primary N) is 3. The number of nitrogen functional groups attached to an aromatic ring is 3. The molecule has 0 atom stereocenters. The fourth-order valence-corrected chi connectivity index (χ4v) is 3.56. The maximum Gasteiger partial charge on any atom is 2.00 e. The predicted molar refractivity (Wildman–Crippen MR) is 177 cm³/mol. The van der Waals surface area contributed by atoms with E-state index in [1.54, 1.807) is 0 Å². The summed E-state index contributed by atoms with van der Waals surface area (Å²) in [6, 6.07) is 55.7. The van der Waals surface area contributed by atoms with Gasteiger partial charge in [-0.3, -0.25) is 0 Å². The molecule has 0 radical (unpaired) electrons. The maximum atomic E-state index is 5.59. The van der Waals surface area contributed by atoms with Crippen LogP contribution in [0.4, 0.5) is 51.2 Å². The first-order chi connectivity index (χ1) is 20.5. The smallest absolute Gasteiger partial charge is 0.429 e. The number of hydrogen-bond donors (Lipinski definition) is 6. The van der Waals surface area contributed by atoms with Crippen molar-refractivity contribution < 1.29 is 62.2 Å². The number of benzene rings is 6. The first kappa shape index (κ1) is 36.4. The van der Waals surface area contributed by atoms with Crippen LogP contribution in [0.2, 0.25) is 0 Å². The van der Waals surface area contributed by atoms with E-state index in [9.17, 15) is 0 Å². The molecule has 0 unspecified atom stereocenters. The summed E-state index contributed by atoms with van der Waals surface area (Å²) in [5, 5.41) is 9.74. The number of nitrogens with one attached hydrogen (secondary N) is 3. The molecule has 44 heavy (non-hydrogen) atoms. The fourth-order valence-electron chi connectivity index (χ4n) is 3.56. The van der Waals surface area contributed by atoms with Crippen molar-refractivity contribution in [2.24, 2.45) is 0 Å². The van der Waals surface area contributed by atoms with Crippen LogP contribution in [0.3, 0.4) is 0 Å². The van der Waals surface area contributed by atoms with Crippen LogP contribution < -0.4 is 33.2 Å². The Morgan fingerprint density at radius 2 is 0.659 bits per heavy atom. The van der Waals surface area contributed by atoms with E-state index in [0.717, 1.165) is 45.5 Å². The van der Waals surface area contributed by atoms with E-state index in [1.807, 2.05) is 140 Å². The van der Waals surface area contributed by atoms with Crippen molar-refractivity contribution in [1.29, 1.82) is 0 Å². The van der Waals surface area contributed by atoms with Crippen molar-refractivity contribution in [2.75, 3.05) is 33.2 Å². The Morgan fingerprint density at radius 3 is 0.977 bits per heavy atom. The Hall–Kier alpha value is -3.78. The molecule has 6 rings (SSSR count). The van der Waals surface area contributed by atoms with Gasteiger partial charge in [-0.2, -0.15) is 66.7 Å². The van der Waals surface area contributed by atoms with Gasteiger partial charge in [0.2, 0.25) is 0 Å². The average molecular weight is 1020 g/mol. The molecular formula is C36H32N6U2. The van der Waals surface area contributed by atoms with Crippen molar-refractivity contribution in [3.8, 4) is 0 Å². The third kappa shape index (κ3) is 13.7. The molecule has 0 aliphatic carbocycles. The summed E-state index contributed by atoms with van der Waals surface area (Å²) in [7, 11) is 0. The molecule has 0 aliphatic rings. The third-order valence-electron chi connectivity index (χ3n) is 5.68. The molecule has 0 fully saturated rings. The van der Waals surface area contributed by atoms with Gasteiger partial charge in [0.25, 0.3) is 0 Å². The molecule has 0 bridgehead atoms. The zero-order chi connectivity index (χ0) is 29.4. The van der Waals surface area contributed by atoms with Gasteiger partial charge in [-0.1, -0.05) is 28.4 Å². The first-order valence-electron chi connectivity index (χ1n) is 13.2. The van der Waals surface area contributed by atoms with Gasteiger partial charge in [0.15, 0.2) is 0 Å². The van der Waals surface area contributed by atoms with Crippen LogP contribution in [0.5, 0.6) is 0 Å². The molecule has 0 heterocycles. The number of anilines is 9. The SMILES string of the molecule is Nc1[c-]cc(Nc2cc[c-]cc2)cc1.Nc1ccc(Nc2cc[c-]cc2)cc1.Nc1ccc(Nc2cc[c-]cc2)cc1.[U+2].[U+2]. The summed E-state index contributed by atoms with van der Waals surface area (Å²) >= 11 is 0. The average Bonchev–Trinajstić information content (AvgIpc) is 3.03. The Kier molecular flexibility index (Phi) is 16.7. The largest absolute Gasteiger partial charge is 2.00 e. The summed E-state index contributed by atoms with van der Waals surface area (Å²) in [4.78, 5) is 0. The summed E-state index contributed by atoms with van der Waals surface area (Å²) in [6.45, 7) is 0. The molecule has 214 valence electrons. The van der Waals surface area contributed by atoms with E-state index in [-0.39, 0.29) is 62.2 Å². The van der Waals surface area contributed by atoms with E-state index in [2.05, 4.69) is 40.2 Å². The van der Waals surface area contributed by atoms with Crippen LogP contribution in [0.15, 0.2) is 140 Å². The van der Waals surface area contributed by atoms with Crippen LogP contribution in [0, 0.1) is 86.5 Å². The molecule has 0 aliphatic heterocycles. The van der Waals surface area contributed by atoms with Crippen molar-refractivity contribution in [1.82, 2.24) is 0 Å². The zero-order valence-electron chi connectivity index (χ0n) is 24.0. The van der Waals surface area contributed by atoms with Crippen LogP contribution in [0.25, 0.3) is 0 Å². The molecule has 0 saturated carbocycles. The Bertz CT molecular complexity index is 1390. The number of hydrogen-bond acceptors (Lipinski definition) is 6. The maximum absolute atomic E-state index is 5.59. The van der Waals surface area contributed by atoms with Gasteiger partial charge in [-0.15, -0.1) is 48.5 Å². The third-order valence-corrected chi connectivity index (χ3v) is 5.68. The minimum absolute atomic E-state index is 0. The molecule has 0 aromatic heterocycles. The van der Waals surface area contributed by atoms with Gasteiger partial charge in [0.05, 0.1) is 0 Å². The van der Waals surface area contributed by atoms with Crippen molar-refractivity contribution >= 4 is 51.2 Å². The second-order valence-corrected chi connectivity index (χ2v) is 9.02. The summed E-state index contributed by atoms with van der Waals surface area (Å²) in [6.07, 6.45) is 0. The Balaban J connectivity index is 0.000000225. The topological polar surface area (TPSA) is 114 Å². The normalized spacial score (nSPS) is 9.27. The van der Waals surface area contributed by atoms with Gasteiger partial charge in [-0.05, 0) is 48.5 Å². The standard InChI is InChI=1S/2C12H11N2.C12H10N2.2U/c3*13-10-6-8-12(9-7-10)14-11-4-2-1-3-5-11;;/h2*2-9,14H,13H2;2-6,8-9,14H,13H2;;/q2*-1;-2;2*+2. The molecule has 0 amide bonds. The van der Waals surface area contributed by atoms with Crippen LogP contribution in [-0.4, -0.2) is 0 Å². The van der Waals surface area contributed by atoms with Gasteiger partial charge < -0.3 is 33.2 Å². The summed E-state index contributed by atoms with van der Waals surface area (Å²) in [5.74, 6) is 0. The van der Waals surface area contributed by atoms with Gasteiger partial charge in [0, 0.05) is 22.7 Å². The minimum atomic E-state index is 0. The summed E-state index contributed by atoms with van der Waals surface area (Å²) < 4.78 is 0. The second kappa shape index (κ2) is 20.2. The molecule has 6 aromatic rings. The quantitative estimate of drug-likeness (QED) is 0.0741. The van der Waals surface area contributed by atoms with E-state index < -0.39 is 0 Å². The minimum Gasteiger partial charge on any atom is -0.429 e. The molecule has 6 aromatic carbocycles. The van der Waals surface area contributed by atoms with Gasteiger partial charge in [-0.25, -0.2) is 0 Å².